The first kappa shape index (κ1) is 9.97. The first-order chi connectivity index (χ1) is 6.65. The molecule has 0 aromatic heterocycles. The van der Waals surface area contributed by atoms with E-state index >= 15 is 0 Å². The van der Waals surface area contributed by atoms with Crippen LogP contribution in [-0.2, 0) is 4.79 Å². The molecule has 2 rings (SSSR count). The fourth-order valence-corrected chi connectivity index (χ4v) is 3.10. The Morgan fingerprint density at radius 3 is 2.86 bits per heavy atom. The average Bonchev–Trinajstić information content (AvgIpc) is 2.74. The molecule has 1 amide bonds. The monoisotopic (exact) mass is 196 g/mol. The summed E-state index contributed by atoms with van der Waals surface area (Å²) in [5.74, 6) is 0.944. The molecule has 0 aromatic carbocycles. The van der Waals surface area contributed by atoms with E-state index in [1.807, 2.05) is 4.90 Å². The Morgan fingerprint density at radius 2 is 2.36 bits per heavy atom. The maximum absolute atomic E-state index is 11.2. The van der Waals surface area contributed by atoms with Gasteiger partial charge in [0.1, 0.15) is 0 Å². The quantitative estimate of drug-likeness (QED) is 0.679. The van der Waals surface area contributed by atoms with Crippen LogP contribution in [0.4, 0.5) is 0 Å². The van der Waals surface area contributed by atoms with Crippen LogP contribution in [0.15, 0.2) is 0 Å². The molecule has 0 unspecified atom stereocenters. The third-order valence-electron chi connectivity index (χ3n) is 4.02. The molecule has 3 heteroatoms. The van der Waals surface area contributed by atoms with Gasteiger partial charge in [-0.3, -0.25) is 4.79 Å². The van der Waals surface area contributed by atoms with Gasteiger partial charge in [-0.25, -0.2) is 0 Å². The topological polar surface area (TPSA) is 46.3 Å². The van der Waals surface area contributed by atoms with Crippen molar-refractivity contribution < 1.29 is 4.79 Å². The number of nitrogens with two attached hydrogens (primary N) is 1. The summed E-state index contributed by atoms with van der Waals surface area (Å²) in [6.07, 6.45) is 4.98. The summed E-state index contributed by atoms with van der Waals surface area (Å²) in [6, 6.07) is 0. The van der Waals surface area contributed by atoms with Crippen molar-refractivity contribution in [3.05, 3.63) is 0 Å². The minimum Gasteiger partial charge on any atom is -0.342 e. The Balaban J connectivity index is 1.97. The van der Waals surface area contributed by atoms with Gasteiger partial charge >= 0.3 is 0 Å². The Kier molecular flexibility index (Phi) is 2.52. The highest BCUT2D eigenvalue weighted by Crippen LogP contribution is 2.47. The third kappa shape index (κ3) is 1.65. The molecule has 1 spiro atoms. The van der Waals surface area contributed by atoms with Gasteiger partial charge in [0.15, 0.2) is 0 Å². The zero-order chi connectivity index (χ0) is 10.2. The van der Waals surface area contributed by atoms with E-state index in [0.717, 1.165) is 19.6 Å². The lowest BCUT2D eigenvalue weighted by molar-refractivity contribution is -0.128. The number of amides is 1. The van der Waals surface area contributed by atoms with E-state index in [2.05, 4.69) is 0 Å². The van der Waals surface area contributed by atoms with Gasteiger partial charge in [-0.2, -0.15) is 0 Å². The molecule has 0 bridgehead atoms. The van der Waals surface area contributed by atoms with Crippen molar-refractivity contribution >= 4 is 5.91 Å². The Bertz CT molecular complexity index is 241. The molecule has 2 N–H and O–H groups in total. The van der Waals surface area contributed by atoms with Gasteiger partial charge in [-0.15, -0.1) is 0 Å². The van der Waals surface area contributed by atoms with Crippen LogP contribution in [0.1, 0.15) is 32.6 Å². The molecular weight excluding hydrogens is 176 g/mol. The minimum atomic E-state index is 0.234. The molecule has 14 heavy (non-hydrogen) atoms. The fraction of sp³-hybridized carbons (Fsp3) is 0.909. The summed E-state index contributed by atoms with van der Waals surface area (Å²) < 4.78 is 0. The van der Waals surface area contributed by atoms with Crippen molar-refractivity contribution in [3.8, 4) is 0 Å². The Morgan fingerprint density at radius 1 is 1.57 bits per heavy atom. The molecule has 1 aliphatic carbocycles. The predicted molar refractivity (Wildman–Crippen MR) is 55.7 cm³/mol. The lowest BCUT2D eigenvalue weighted by Gasteiger charge is -2.23. The van der Waals surface area contributed by atoms with Crippen molar-refractivity contribution in [1.82, 2.24) is 4.90 Å². The number of carbonyl (C=O) groups excluding carboxylic acids is 1. The highest BCUT2D eigenvalue weighted by Gasteiger charge is 2.44. The number of rotatable bonds is 1. The summed E-state index contributed by atoms with van der Waals surface area (Å²) in [7, 11) is 0. The van der Waals surface area contributed by atoms with Crippen molar-refractivity contribution in [1.29, 1.82) is 0 Å². The smallest absolute Gasteiger partial charge is 0.219 e. The molecule has 1 heterocycles. The highest BCUT2D eigenvalue weighted by atomic mass is 16.2. The second-order valence-corrected chi connectivity index (χ2v) is 5.04. The Hall–Kier alpha value is -0.570. The molecular formula is C11H20N2O. The fourth-order valence-electron chi connectivity index (χ4n) is 3.10. The third-order valence-corrected chi connectivity index (χ3v) is 4.02. The zero-order valence-electron chi connectivity index (χ0n) is 8.96. The molecule has 0 radical (unpaired) electrons. The predicted octanol–water partition coefficient (Wildman–Crippen LogP) is 0.984. The van der Waals surface area contributed by atoms with E-state index < -0.39 is 0 Å². The van der Waals surface area contributed by atoms with E-state index in [4.69, 9.17) is 5.73 Å². The number of likely N-dealkylation sites (tertiary alicyclic amines) is 1. The number of carbonyl (C=O) groups is 1. The van der Waals surface area contributed by atoms with E-state index in [9.17, 15) is 4.79 Å². The van der Waals surface area contributed by atoms with Gasteiger partial charge in [-0.1, -0.05) is 0 Å². The number of nitrogens with zero attached hydrogens (tertiary/aromatic N) is 1. The highest BCUT2D eigenvalue weighted by molar-refractivity contribution is 5.73. The van der Waals surface area contributed by atoms with Crippen LogP contribution in [0.2, 0.25) is 0 Å². The maximum atomic E-state index is 11.2. The van der Waals surface area contributed by atoms with E-state index in [0.29, 0.717) is 11.3 Å². The van der Waals surface area contributed by atoms with Gasteiger partial charge in [0.25, 0.3) is 0 Å². The molecule has 0 aromatic rings. The molecule has 1 aliphatic heterocycles. The number of hydrogen-bond acceptors (Lipinski definition) is 2. The van der Waals surface area contributed by atoms with E-state index in [-0.39, 0.29) is 5.91 Å². The van der Waals surface area contributed by atoms with Crippen LogP contribution in [0, 0.1) is 11.3 Å². The molecule has 1 saturated carbocycles. The molecule has 2 fully saturated rings. The van der Waals surface area contributed by atoms with Gasteiger partial charge < -0.3 is 10.6 Å². The normalized spacial score (nSPS) is 37.0. The molecule has 80 valence electrons. The second kappa shape index (κ2) is 3.54. The van der Waals surface area contributed by atoms with Crippen LogP contribution in [0.3, 0.4) is 0 Å². The second-order valence-electron chi connectivity index (χ2n) is 5.04. The summed E-state index contributed by atoms with van der Waals surface area (Å²) in [5.41, 5.74) is 6.14. The van der Waals surface area contributed by atoms with E-state index in [1.165, 1.54) is 25.7 Å². The lowest BCUT2D eigenvalue weighted by atomic mass is 9.84. The first-order valence-electron chi connectivity index (χ1n) is 5.61. The lowest BCUT2D eigenvalue weighted by Crippen LogP contribution is -2.29. The van der Waals surface area contributed by atoms with Crippen molar-refractivity contribution in [2.24, 2.45) is 17.1 Å². The van der Waals surface area contributed by atoms with Gasteiger partial charge in [0.05, 0.1) is 0 Å². The first-order valence-corrected chi connectivity index (χ1v) is 5.61. The van der Waals surface area contributed by atoms with Crippen molar-refractivity contribution in [3.63, 3.8) is 0 Å². The summed E-state index contributed by atoms with van der Waals surface area (Å²) in [6.45, 7) is 4.45. The minimum absolute atomic E-state index is 0.234. The van der Waals surface area contributed by atoms with Crippen LogP contribution >= 0.6 is 0 Å². The SMILES string of the molecule is CC(=O)N1CC[C@@]2(CC[C@@H](CN)C2)C1. The Labute approximate surface area is 85.6 Å². The maximum Gasteiger partial charge on any atom is 0.219 e. The van der Waals surface area contributed by atoms with Crippen molar-refractivity contribution in [2.75, 3.05) is 19.6 Å². The van der Waals surface area contributed by atoms with Crippen molar-refractivity contribution in [2.45, 2.75) is 32.6 Å². The van der Waals surface area contributed by atoms with Crippen LogP contribution in [0.25, 0.3) is 0 Å². The van der Waals surface area contributed by atoms with Gasteiger partial charge in [0, 0.05) is 20.0 Å². The largest absolute Gasteiger partial charge is 0.342 e. The van der Waals surface area contributed by atoms with E-state index in [1.54, 1.807) is 6.92 Å². The summed E-state index contributed by atoms with van der Waals surface area (Å²) in [4.78, 5) is 13.2. The van der Waals surface area contributed by atoms with Crippen LogP contribution in [-0.4, -0.2) is 30.4 Å². The molecule has 2 atom stereocenters. The molecule has 1 saturated heterocycles. The standard InChI is InChI=1S/C11H20N2O/c1-9(14)13-5-4-11(8-13)3-2-10(6-11)7-12/h10H,2-8,12H2,1H3/t10-,11-/m1/s1. The number of hydrogen-bond donors (Lipinski definition) is 1. The van der Waals surface area contributed by atoms with Crippen LogP contribution in [0.5, 0.6) is 0 Å². The van der Waals surface area contributed by atoms with Gasteiger partial charge in [0.2, 0.25) is 5.91 Å². The van der Waals surface area contributed by atoms with Crippen LogP contribution < -0.4 is 5.73 Å². The zero-order valence-corrected chi connectivity index (χ0v) is 8.96. The van der Waals surface area contributed by atoms with Gasteiger partial charge in [-0.05, 0) is 43.6 Å². The summed E-state index contributed by atoms with van der Waals surface area (Å²) in [5, 5.41) is 0. The summed E-state index contributed by atoms with van der Waals surface area (Å²) >= 11 is 0. The molecule has 2 aliphatic rings. The molecule has 3 nitrogen and oxygen atoms in total. The average molecular weight is 196 g/mol.